The van der Waals surface area contributed by atoms with Crippen molar-refractivity contribution in [1.29, 1.82) is 0 Å². The van der Waals surface area contributed by atoms with E-state index in [1.165, 1.54) is 16.0 Å². The van der Waals surface area contributed by atoms with Crippen molar-refractivity contribution in [3.05, 3.63) is 57.8 Å². The van der Waals surface area contributed by atoms with Crippen LogP contribution in [0.2, 0.25) is 0 Å². The zero-order valence-electron chi connectivity index (χ0n) is 9.73. The molecule has 0 radical (unpaired) electrons. The van der Waals surface area contributed by atoms with Crippen LogP contribution in [0.25, 0.3) is 0 Å². The maximum absolute atomic E-state index is 3.53. The molecular weight excluding hydrogens is 214 g/mol. The largest absolute Gasteiger partial charge is 0.305 e. The first-order chi connectivity index (χ1) is 7.75. The van der Waals surface area contributed by atoms with Crippen molar-refractivity contribution in [3.8, 4) is 0 Å². The Kier molecular flexibility index (Phi) is 3.75. The lowest BCUT2D eigenvalue weighted by molar-refractivity contribution is 0.579. The van der Waals surface area contributed by atoms with Crippen molar-refractivity contribution in [2.24, 2.45) is 0 Å². The van der Waals surface area contributed by atoms with Gasteiger partial charge in [0.15, 0.2) is 0 Å². The predicted octanol–water partition coefficient (Wildman–Crippen LogP) is 3.91. The summed E-state index contributed by atoms with van der Waals surface area (Å²) in [6, 6.07) is 13.4. The van der Waals surface area contributed by atoms with Gasteiger partial charge in [-0.2, -0.15) is 0 Å². The first-order valence-electron chi connectivity index (χ1n) is 5.58. The Morgan fingerprint density at radius 2 is 1.94 bits per heavy atom. The van der Waals surface area contributed by atoms with E-state index < -0.39 is 0 Å². The average Bonchev–Trinajstić information content (AvgIpc) is 2.80. The van der Waals surface area contributed by atoms with Crippen molar-refractivity contribution >= 4 is 11.3 Å². The van der Waals surface area contributed by atoms with Gasteiger partial charge in [0.25, 0.3) is 0 Å². The van der Waals surface area contributed by atoms with E-state index in [-0.39, 0.29) is 0 Å². The van der Waals surface area contributed by atoms with Crippen molar-refractivity contribution in [2.45, 2.75) is 26.4 Å². The molecule has 0 unspecified atom stereocenters. The fourth-order valence-electron chi connectivity index (χ4n) is 1.64. The molecule has 0 aliphatic heterocycles. The summed E-state index contributed by atoms with van der Waals surface area (Å²) in [5, 5.41) is 5.65. The Hall–Kier alpha value is -1.12. The van der Waals surface area contributed by atoms with E-state index in [1.54, 1.807) is 11.3 Å². The molecule has 1 nitrogen and oxygen atoms in total. The summed E-state index contributed by atoms with van der Waals surface area (Å²) >= 11 is 1.80. The number of rotatable bonds is 4. The molecule has 0 aliphatic rings. The highest BCUT2D eigenvalue weighted by Gasteiger charge is 2.04. The molecule has 0 spiro atoms. The number of thiophene rings is 1. The molecule has 1 aromatic heterocycles. The van der Waals surface area contributed by atoms with Gasteiger partial charge in [0.05, 0.1) is 0 Å². The van der Waals surface area contributed by atoms with Crippen LogP contribution in [0.5, 0.6) is 0 Å². The maximum Gasteiger partial charge on any atom is 0.0305 e. The van der Waals surface area contributed by atoms with Crippen LogP contribution in [0.1, 0.15) is 29.0 Å². The Morgan fingerprint density at radius 1 is 1.19 bits per heavy atom. The van der Waals surface area contributed by atoms with Gasteiger partial charge in [0.1, 0.15) is 0 Å². The first-order valence-corrected chi connectivity index (χ1v) is 6.46. The van der Waals surface area contributed by atoms with E-state index in [9.17, 15) is 0 Å². The van der Waals surface area contributed by atoms with Crippen molar-refractivity contribution in [1.82, 2.24) is 5.32 Å². The molecule has 0 saturated heterocycles. The Morgan fingerprint density at radius 3 is 2.56 bits per heavy atom. The van der Waals surface area contributed by atoms with E-state index in [0.717, 1.165) is 6.54 Å². The molecule has 2 heteroatoms. The zero-order valence-corrected chi connectivity index (χ0v) is 10.6. The second-order valence-electron chi connectivity index (χ2n) is 4.09. The molecule has 2 aromatic rings. The Balaban J connectivity index is 1.93. The van der Waals surface area contributed by atoms with Gasteiger partial charge in [-0.25, -0.2) is 0 Å². The lowest BCUT2D eigenvalue weighted by atomic mass is 10.1. The SMILES string of the molecule is Cc1ccc([C@H](C)NCc2cccs2)cc1. The van der Waals surface area contributed by atoms with Crippen LogP contribution >= 0.6 is 11.3 Å². The third kappa shape index (κ3) is 2.94. The van der Waals surface area contributed by atoms with Crippen LogP contribution in [-0.4, -0.2) is 0 Å². The van der Waals surface area contributed by atoms with E-state index in [2.05, 4.69) is 60.9 Å². The summed E-state index contributed by atoms with van der Waals surface area (Å²) in [6.07, 6.45) is 0. The van der Waals surface area contributed by atoms with Crippen LogP contribution < -0.4 is 5.32 Å². The smallest absolute Gasteiger partial charge is 0.0305 e. The number of hydrogen-bond acceptors (Lipinski definition) is 2. The fourth-order valence-corrected chi connectivity index (χ4v) is 2.30. The molecule has 0 amide bonds. The lowest BCUT2D eigenvalue weighted by Crippen LogP contribution is -2.17. The van der Waals surface area contributed by atoms with Gasteiger partial charge in [-0.1, -0.05) is 35.9 Å². The molecule has 2 rings (SSSR count). The highest BCUT2D eigenvalue weighted by molar-refractivity contribution is 7.09. The van der Waals surface area contributed by atoms with Crippen LogP contribution in [0, 0.1) is 6.92 Å². The van der Waals surface area contributed by atoms with Crippen LogP contribution in [-0.2, 0) is 6.54 Å². The summed E-state index contributed by atoms with van der Waals surface area (Å²) < 4.78 is 0. The van der Waals surface area contributed by atoms with Crippen molar-refractivity contribution in [2.75, 3.05) is 0 Å². The minimum absolute atomic E-state index is 0.405. The fraction of sp³-hybridized carbons (Fsp3) is 0.286. The average molecular weight is 231 g/mol. The second-order valence-corrected chi connectivity index (χ2v) is 5.12. The van der Waals surface area contributed by atoms with E-state index >= 15 is 0 Å². The molecule has 16 heavy (non-hydrogen) atoms. The molecule has 1 aromatic carbocycles. The van der Waals surface area contributed by atoms with E-state index in [1.807, 2.05) is 0 Å². The zero-order chi connectivity index (χ0) is 11.4. The van der Waals surface area contributed by atoms with E-state index in [0.29, 0.717) is 6.04 Å². The van der Waals surface area contributed by atoms with Gasteiger partial charge in [-0.3, -0.25) is 0 Å². The number of nitrogens with one attached hydrogen (secondary N) is 1. The normalized spacial score (nSPS) is 12.6. The van der Waals surface area contributed by atoms with E-state index in [4.69, 9.17) is 0 Å². The molecule has 0 saturated carbocycles. The highest BCUT2D eigenvalue weighted by atomic mass is 32.1. The molecule has 0 bridgehead atoms. The topological polar surface area (TPSA) is 12.0 Å². The minimum atomic E-state index is 0.405. The summed E-state index contributed by atoms with van der Waals surface area (Å²) in [7, 11) is 0. The maximum atomic E-state index is 3.53. The molecule has 0 fully saturated rings. The molecule has 1 N–H and O–H groups in total. The summed E-state index contributed by atoms with van der Waals surface area (Å²) in [6.45, 7) is 5.28. The van der Waals surface area contributed by atoms with Gasteiger partial charge in [-0.15, -0.1) is 11.3 Å². The molecule has 1 heterocycles. The summed E-state index contributed by atoms with van der Waals surface area (Å²) in [5.74, 6) is 0. The second kappa shape index (κ2) is 5.28. The predicted molar refractivity (Wildman–Crippen MR) is 70.8 cm³/mol. The third-order valence-electron chi connectivity index (χ3n) is 2.74. The van der Waals surface area contributed by atoms with Gasteiger partial charge in [-0.05, 0) is 30.9 Å². The Labute approximate surface area is 101 Å². The molecule has 84 valence electrons. The Bertz CT molecular complexity index is 417. The third-order valence-corrected chi connectivity index (χ3v) is 3.62. The lowest BCUT2D eigenvalue weighted by Gasteiger charge is -2.13. The summed E-state index contributed by atoms with van der Waals surface area (Å²) in [4.78, 5) is 1.39. The molecule has 0 aliphatic carbocycles. The number of aryl methyl sites for hydroxylation is 1. The van der Waals surface area contributed by atoms with Gasteiger partial charge in [0, 0.05) is 17.5 Å². The van der Waals surface area contributed by atoms with Crippen molar-refractivity contribution in [3.63, 3.8) is 0 Å². The molecular formula is C14H17NS. The van der Waals surface area contributed by atoms with Gasteiger partial charge >= 0.3 is 0 Å². The minimum Gasteiger partial charge on any atom is -0.305 e. The van der Waals surface area contributed by atoms with Crippen LogP contribution in [0.15, 0.2) is 41.8 Å². The number of benzene rings is 1. The number of hydrogen-bond donors (Lipinski definition) is 1. The highest BCUT2D eigenvalue weighted by Crippen LogP contribution is 2.15. The summed E-state index contributed by atoms with van der Waals surface area (Å²) in [5.41, 5.74) is 2.66. The molecule has 1 atom stereocenters. The standard InChI is InChI=1S/C14H17NS/c1-11-5-7-13(8-6-11)12(2)15-10-14-4-3-9-16-14/h3-9,12,15H,10H2,1-2H3/t12-/m0/s1. The monoisotopic (exact) mass is 231 g/mol. The van der Waals surface area contributed by atoms with Gasteiger partial charge in [0.2, 0.25) is 0 Å². The van der Waals surface area contributed by atoms with Crippen LogP contribution in [0.3, 0.4) is 0 Å². The van der Waals surface area contributed by atoms with Gasteiger partial charge < -0.3 is 5.32 Å². The first kappa shape index (κ1) is 11.4. The van der Waals surface area contributed by atoms with Crippen LogP contribution in [0.4, 0.5) is 0 Å². The quantitative estimate of drug-likeness (QED) is 0.841. The van der Waals surface area contributed by atoms with Crippen molar-refractivity contribution < 1.29 is 0 Å².